The second-order valence-corrected chi connectivity index (χ2v) is 5.88. The summed E-state index contributed by atoms with van der Waals surface area (Å²) in [6, 6.07) is 0.597. The van der Waals surface area contributed by atoms with Crippen molar-refractivity contribution < 1.29 is 0 Å². The predicted molar refractivity (Wildman–Crippen MR) is 73.6 cm³/mol. The Morgan fingerprint density at radius 2 is 2.12 bits per heavy atom. The van der Waals surface area contributed by atoms with E-state index in [0.29, 0.717) is 6.04 Å². The number of nitrogens with one attached hydrogen (secondary N) is 1. The molecule has 0 radical (unpaired) electrons. The van der Waals surface area contributed by atoms with Crippen LogP contribution in [0.2, 0.25) is 0 Å². The molecule has 0 spiro atoms. The van der Waals surface area contributed by atoms with E-state index in [-0.39, 0.29) is 0 Å². The largest absolute Gasteiger partial charge is 0.357 e. The molecule has 0 amide bonds. The molecule has 2 rings (SSSR count). The van der Waals surface area contributed by atoms with Gasteiger partial charge in [-0.05, 0) is 25.2 Å². The van der Waals surface area contributed by atoms with Crippen molar-refractivity contribution in [2.75, 3.05) is 5.32 Å². The normalized spacial score (nSPS) is 25.5. The van der Waals surface area contributed by atoms with Crippen molar-refractivity contribution in [2.45, 2.75) is 64.8 Å². The van der Waals surface area contributed by atoms with Crippen molar-refractivity contribution in [3.8, 4) is 0 Å². The van der Waals surface area contributed by atoms with Crippen molar-refractivity contribution in [2.24, 2.45) is 5.92 Å². The highest BCUT2D eigenvalue weighted by molar-refractivity contribution is 7.09. The highest BCUT2D eigenvalue weighted by Gasteiger charge is 2.20. The van der Waals surface area contributed by atoms with Gasteiger partial charge in [-0.3, -0.25) is 0 Å². The molecule has 1 aliphatic rings. The minimum Gasteiger partial charge on any atom is -0.357 e. The van der Waals surface area contributed by atoms with Crippen LogP contribution in [-0.4, -0.2) is 15.4 Å². The van der Waals surface area contributed by atoms with Gasteiger partial charge in [0.05, 0.1) is 0 Å². The van der Waals surface area contributed by atoms with Crippen LogP contribution in [0.1, 0.15) is 58.2 Å². The zero-order chi connectivity index (χ0) is 12.1. The molecule has 0 saturated heterocycles. The highest BCUT2D eigenvalue weighted by Crippen LogP contribution is 2.26. The Bertz CT molecular complexity index is 337. The molecule has 1 heterocycles. The topological polar surface area (TPSA) is 37.8 Å². The van der Waals surface area contributed by atoms with Crippen LogP contribution in [-0.2, 0) is 6.42 Å². The Morgan fingerprint density at radius 3 is 2.94 bits per heavy atom. The first-order chi connectivity index (χ1) is 8.29. The quantitative estimate of drug-likeness (QED) is 0.828. The zero-order valence-corrected chi connectivity index (χ0v) is 11.7. The van der Waals surface area contributed by atoms with Gasteiger partial charge in [0, 0.05) is 24.0 Å². The fourth-order valence-corrected chi connectivity index (χ4v) is 3.18. The molecule has 0 aliphatic heterocycles. The third-order valence-corrected chi connectivity index (χ3v) is 4.30. The van der Waals surface area contributed by atoms with E-state index in [2.05, 4.69) is 28.5 Å². The van der Waals surface area contributed by atoms with Crippen molar-refractivity contribution in [3.63, 3.8) is 0 Å². The van der Waals surface area contributed by atoms with Crippen molar-refractivity contribution >= 4 is 16.7 Å². The van der Waals surface area contributed by atoms with Crippen molar-refractivity contribution in [3.05, 3.63) is 5.82 Å². The smallest absolute Gasteiger partial charge is 0.202 e. The second kappa shape index (κ2) is 6.34. The average molecular weight is 253 g/mol. The van der Waals surface area contributed by atoms with Crippen LogP contribution >= 0.6 is 11.5 Å². The summed E-state index contributed by atoms with van der Waals surface area (Å²) in [5, 5.41) is 4.61. The molecule has 1 aromatic rings. The Hall–Kier alpha value is -0.640. The Labute approximate surface area is 108 Å². The standard InChI is InChI=1S/C13H23N3S/c1-3-7-12-15-13(17-16-12)14-11-9-6-4-5-8-10(11)2/h10-11H,3-9H2,1-2H3,(H,14,15,16). The highest BCUT2D eigenvalue weighted by atomic mass is 32.1. The predicted octanol–water partition coefficient (Wildman–Crippen LogP) is 3.87. The van der Waals surface area contributed by atoms with Gasteiger partial charge in [-0.1, -0.05) is 33.1 Å². The van der Waals surface area contributed by atoms with Gasteiger partial charge in [-0.15, -0.1) is 0 Å². The van der Waals surface area contributed by atoms with Gasteiger partial charge < -0.3 is 5.32 Å². The molecule has 1 aliphatic carbocycles. The van der Waals surface area contributed by atoms with E-state index < -0.39 is 0 Å². The van der Waals surface area contributed by atoms with Crippen LogP contribution in [0, 0.1) is 5.92 Å². The number of hydrogen-bond acceptors (Lipinski definition) is 4. The number of aryl methyl sites for hydroxylation is 1. The molecule has 0 bridgehead atoms. The van der Waals surface area contributed by atoms with E-state index in [1.807, 2.05) is 0 Å². The summed E-state index contributed by atoms with van der Waals surface area (Å²) in [6.45, 7) is 4.53. The van der Waals surface area contributed by atoms with Gasteiger partial charge in [-0.2, -0.15) is 4.37 Å². The fraction of sp³-hybridized carbons (Fsp3) is 0.846. The molecular weight excluding hydrogens is 230 g/mol. The Balaban J connectivity index is 1.93. The molecule has 96 valence electrons. The molecule has 3 nitrogen and oxygen atoms in total. The summed E-state index contributed by atoms with van der Waals surface area (Å²) in [7, 11) is 0. The van der Waals surface area contributed by atoms with Crippen molar-refractivity contribution in [1.82, 2.24) is 9.36 Å². The van der Waals surface area contributed by atoms with E-state index in [4.69, 9.17) is 0 Å². The number of aromatic nitrogens is 2. The zero-order valence-electron chi connectivity index (χ0n) is 10.9. The third-order valence-electron chi connectivity index (χ3n) is 3.61. The van der Waals surface area contributed by atoms with E-state index in [1.54, 1.807) is 0 Å². The van der Waals surface area contributed by atoms with Crippen LogP contribution < -0.4 is 5.32 Å². The molecule has 1 aromatic heterocycles. The van der Waals surface area contributed by atoms with Crippen LogP contribution in [0.25, 0.3) is 0 Å². The van der Waals surface area contributed by atoms with Gasteiger partial charge >= 0.3 is 0 Å². The summed E-state index contributed by atoms with van der Waals surface area (Å²) >= 11 is 1.52. The van der Waals surface area contributed by atoms with E-state index in [9.17, 15) is 0 Å². The summed E-state index contributed by atoms with van der Waals surface area (Å²) in [5.74, 6) is 1.76. The summed E-state index contributed by atoms with van der Waals surface area (Å²) < 4.78 is 4.39. The van der Waals surface area contributed by atoms with Crippen molar-refractivity contribution in [1.29, 1.82) is 0 Å². The van der Waals surface area contributed by atoms with E-state index in [0.717, 1.165) is 29.7 Å². The maximum atomic E-state index is 4.56. The first kappa shape index (κ1) is 12.8. The molecule has 1 N–H and O–H groups in total. The van der Waals surface area contributed by atoms with Gasteiger partial charge in [0.1, 0.15) is 5.82 Å². The molecule has 17 heavy (non-hydrogen) atoms. The maximum Gasteiger partial charge on any atom is 0.202 e. The summed E-state index contributed by atoms with van der Waals surface area (Å²) in [5.41, 5.74) is 0. The van der Waals surface area contributed by atoms with E-state index in [1.165, 1.54) is 43.6 Å². The maximum absolute atomic E-state index is 4.56. The van der Waals surface area contributed by atoms with Gasteiger partial charge in [0.2, 0.25) is 5.13 Å². The third kappa shape index (κ3) is 3.66. The minimum atomic E-state index is 0.597. The molecule has 2 atom stereocenters. The second-order valence-electron chi connectivity index (χ2n) is 5.13. The summed E-state index contributed by atoms with van der Waals surface area (Å²) in [6.07, 6.45) is 8.87. The summed E-state index contributed by atoms with van der Waals surface area (Å²) in [4.78, 5) is 4.56. The molecular formula is C13H23N3S. The van der Waals surface area contributed by atoms with E-state index >= 15 is 0 Å². The lowest BCUT2D eigenvalue weighted by atomic mass is 9.97. The number of hydrogen-bond donors (Lipinski definition) is 1. The SMILES string of the molecule is CCCc1nsc(NC2CCCCCC2C)n1. The molecule has 2 unspecified atom stereocenters. The number of anilines is 1. The molecule has 1 saturated carbocycles. The Morgan fingerprint density at radius 1 is 1.29 bits per heavy atom. The first-order valence-electron chi connectivity index (χ1n) is 6.88. The number of nitrogens with zero attached hydrogens (tertiary/aromatic N) is 2. The molecule has 1 fully saturated rings. The molecule has 4 heteroatoms. The van der Waals surface area contributed by atoms with Gasteiger partial charge in [0.25, 0.3) is 0 Å². The van der Waals surface area contributed by atoms with Crippen LogP contribution in [0.5, 0.6) is 0 Å². The first-order valence-corrected chi connectivity index (χ1v) is 7.66. The molecule has 0 aromatic carbocycles. The monoisotopic (exact) mass is 253 g/mol. The Kier molecular flexibility index (Phi) is 4.77. The van der Waals surface area contributed by atoms with Crippen LogP contribution in [0.3, 0.4) is 0 Å². The lowest BCUT2D eigenvalue weighted by molar-refractivity contribution is 0.456. The van der Waals surface area contributed by atoms with Crippen LogP contribution in [0.4, 0.5) is 5.13 Å². The lowest BCUT2D eigenvalue weighted by Gasteiger charge is -2.21. The lowest BCUT2D eigenvalue weighted by Crippen LogP contribution is -2.26. The average Bonchev–Trinajstić information content (AvgIpc) is 2.65. The van der Waals surface area contributed by atoms with Gasteiger partial charge in [-0.25, -0.2) is 4.98 Å². The fourth-order valence-electron chi connectivity index (χ4n) is 2.50. The number of rotatable bonds is 4. The van der Waals surface area contributed by atoms with Crippen LogP contribution in [0.15, 0.2) is 0 Å². The minimum absolute atomic E-state index is 0.597. The van der Waals surface area contributed by atoms with Gasteiger partial charge in [0.15, 0.2) is 0 Å².